The molecule has 27 heavy (non-hydrogen) atoms. The first-order valence-corrected chi connectivity index (χ1v) is 9.55. The Hall–Kier alpha value is -1.70. The molecular formula is C19H28ClN5O2. The topological polar surface area (TPSA) is 74.5 Å². The quantitative estimate of drug-likeness (QED) is 0.861. The lowest BCUT2D eigenvalue weighted by Gasteiger charge is -2.32. The van der Waals surface area contributed by atoms with E-state index in [4.69, 9.17) is 4.52 Å². The molecule has 0 bridgehead atoms. The molecule has 7 nitrogen and oxygen atoms in total. The van der Waals surface area contributed by atoms with Crippen LogP contribution in [-0.4, -0.2) is 71.2 Å². The van der Waals surface area contributed by atoms with Gasteiger partial charge >= 0.3 is 0 Å². The first-order chi connectivity index (χ1) is 12.5. The predicted molar refractivity (Wildman–Crippen MR) is 107 cm³/mol. The molecule has 2 aromatic rings. The number of aromatic nitrogens is 2. The van der Waals surface area contributed by atoms with Crippen LogP contribution >= 0.6 is 12.4 Å². The van der Waals surface area contributed by atoms with Gasteiger partial charge in [0.2, 0.25) is 0 Å². The van der Waals surface area contributed by atoms with Gasteiger partial charge in [-0.2, -0.15) is 0 Å². The third-order valence-corrected chi connectivity index (χ3v) is 5.58. The van der Waals surface area contributed by atoms with Crippen LogP contribution in [0.5, 0.6) is 0 Å². The monoisotopic (exact) mass is 393 g/mol. The van der Waals surface area contributed by atoms with E-state index in [0.29, 0.717) is 17.3 Å². The number of nitrogens with one attached hydrogen (secondary N) is 1. The van der Waals surface area contributed by atoms with Crippen LogP contribution in [0, 0.1) is 6.92 Å². The van der Waals surface area contributed by atoms with Gasteiger partial charge in [0.25, 0.3) is 11.6 Å². The fourth-order valence-corrected chi connectivity index (χ4v) is 4.02. The molecule has 1 unspecified atom stereocenters. The Balaban J connectivity index is 0.00000210. The maximum atomic E-state index is 13.3. The van der Waals surface area contributed by atoms with Crippen molar-refractivity contribution >= 4 is 29.4 Å². The zero-order chi connectivity index (χ0) is 18.3. The molecule has 0 aliphatic carbocycles. The molecule has 2 aromatic heterocycles. The number of likely N-dealkylation sites (tertiary alicyclic amines) is 1. The molecule has 4 heterocycles. The minimum Gasteiger partial charge on any atom is -0.337 e. The Kier molecular flexibility index (Phi) is 6.03. The Labute approximate surface area is 165 Å². The summed E-state index contributed by atoms with van der Waals surface area (Å²) in [7, 11) is 0. The third-order valence-electron chi connectivity index (χ3n) is 5.58. The highest BCUT2D eigenvalue weighted by atomic mass is 35.5. The minimum absolute atomic E-state index is 0. The SMILES string of the molecule is Cc1noc2nc(C(C)C)cc(C(=O)N3CCC(N4CCNCC4)C3)c12.Cl. The highest BCUT2D eigenvalue weighted by Crippen LogP contribution is 2.27. The van der Waals surface area contributed by atoms with E-state index >= 15 is 0 Å². The van der Waals surface area contributed by atoms with Crippen LogP contribution < -0.4 is 5.32 Å². The van der Waals surface area contributed by atoms with E-state index in [1.165, 1.54) is 0 Å². The van der Waals surface area contributed by atoms with Crippen molar-refractivity contribution < 1.29 is 9.32 Å². The fourth-order valence-electron chi connectivity index (χ4n) is 4.02. The summed E-state index contributed by atoms with van der Waals surface area (Å²) in [5, 5.41) is 8.18. The van der Waals surface area contributed by atoms with Gasteiger partial charge in [-0.15, -0.1) is 12.4 Å². The Morgan fingerprint density at radius 3 is 2.74 bits per heavy atom. The largest absolute Gasteiger partial charge is 0.337 e. The number of piperazine rings is 1. The molecule has 2 saturated heterocycles. The molecule has 8 heteroatoms. The summed E-state index contributed by atoms with van der Waals surface area (Å²) in [5.74, 6) is 0.298. The summed E-state index contributed by atoms with van der Waals surface area (Å²) in [6.07, 6.45) is 1.04. The van der Waals surface area contributed by atoms with Gasteiger partial charge in [0.05, 0.1) is 16.6 Å². The highest BCUT2D eigenvalue weighted by Gasteiger charge is 2.33. The van der Waals surface area contributed by atoms with E-state index in [9.17, 15) is 4.79 Å². The van der Waals surface area contributed by atoms with Crippen molar-refractivity contribution in [3.8, 4) is 0 Å². The zero-order valence-corrected chi connectivity index (χ0v) is 17.0. The Bertz CT molecular complexity index is 816. The average molecular weight is 394 g/mol. The molecule has 1 N–H and O–H groups in total. The summed E-state index contributed by atoms with van der Waals surface area (Å²) in [5.41, 5.74) is 2.74. The normalized spacial score (nSPS) is 21.0. The van der Waals surface area contributed by atoms with Crippen molar-refractivity contribution in [2.24, 2.45) is 0 Å². The van der Waals surface area contributed by atoms with Crippen molar-refractivity contribution in [2.75, 3.05) is 39.3 Å². The number of pyridine rings is 1. The second-order valence-electron chi connectivity index (χ2n) is 7.68. The summed E-state index contributed by atoms with van der Waals surface area (Å²) >= 11 is 0. The van der Waals surface area contributed by atoms with Crippen molar-refractivity contribution in [3.05, 3.63) is 23.0 Å². The highest BCUT2D eigenvalue weighted by molar-refractivity contribution is 6.06. The standard InChI is InChI=1S/C19H27N5O2.ClH/c1-12(2)16-10-15(17-13(3)22-26-18(17)21-16)19(25)24-7-4-14(11-24)23-8-5-20-6-9-23;/h10,12,14,20H,4-9,11H2,1-3H3;1H. The Morgan fingerprint density at radius 2 is 2.04 bits per heavy atom. The van der Waals surface area contributed by atoms with Crippen molar-refractivity contribution in [3.63, 3.8) is 0 Å². The number of fused-ring (bicyclic) bond motifs is 1. The average Bonchev–Trinajstić information content (AvgIpc) is 3.29. The van der Waals surface area contributed by atoms with E-state index in [1.54, 1.807) is 0 Å². The minimum atomic E-state index is 0. The number of halogens is 1. The van der Waals surface area contributed by atoms with Crippen molar-refractivity contribution in [2.45, 2.75) is 39.2 Å². The van der Waals surface area contributed by atoms with Crippen LogP contribution in [0.1, 0.15) is 47.9 Å². The van der Waals surface area contributed by atoms with Crippen LogP contribution in [0.2, 0.25) is 0 Å². The van der Waals surface area contributed by atoms with Gasteiger partial charge in [-0.05, 0) is 25.3 Å². The number of rotatable bonds is 3. The molecule has 1 amide bonds. The third kappa shape index (κ3) is 3.81. The number of carbonyl (C=O) groups is 1. The van der Waals surface area contributed by atoms with E-state index in [1.807, 2.05) is 17.9 Å². The van der Waals surface area contributed by atoms with Gasteiger partial charge in [-0.3, -0.25) is 9.69 Å². The summed E-state index contributed by atoms with van der Waals surface area (Å²) in [6.45, 7) is 11.8. The van der Waals surface area contributed by atoms with Crippen molar-refractivity contribution in [1.82, 2.24) is 25.3 Å². The van der Waals surface area contributed by atoms with Gasteiger partial charge in [0.15, 0.2) is 0 Å². The molecule has 2 aliphatic heterocycles. The number of hydrogen-bond donors (Lipinski definition) is 1. The lowest BCUT2D eigenvalue weighted by molar-refractivity contribution is 0.0775. The van der Waals surface area contributed by atoms with Crippen LogP contribution in [-0.2, 0) is 0 Å². The van der Waals surface area contributed by atoms with Gasteiger partial charge in [-0.1, -0.05) is 19.0 Å². The molecule has 0 spiro atoms. The summed E-state index contributed by atoms with van der Waals surface area (Å²) in [6, 6.07) is 2.39. The lowest BCUT2D eigenvalue weighted by Crippen LogP contribution is -2.49. The Morgan fingerprint density at radius 1 is 1.30 bits per heavy atom. The molecule has 4 rings (SSSR count). The first-order valence-electron chi connectivity index (χ1n) is 9.55. The van der Waals surface area contributed by atoms with Crippen LogP contribution in [0.15, 0.2) is 10.6 Å². The first kappa shape index (κ1) is 20.0. The number of hydrogen-bond acceptors (Lipinski definition) is 6. The van der Waals surface area contributed by atoms with Crippen LogP contribution in [0.4, 0.5) is 0 Å². The molecule has 0 saturated carbocycles. The molecule has 148 valence electrons. The number of nitrogens with zero attached hydrogens (tertiary/aromatic N) is 4. The molecular weight excluding hydrogens is 366 g/mol. The maximum absolute atomic E-state index is 13.3. The number of carbonyl (C=O) groups excluding carboxylic acids is 1. The molecule has 0 aromatic carbocycles. The fraction of sp³-hybridized carbons (Fsp3) is 0.632. The van der Waals surface area contributed by atoms with Crippen molar-refractivity contribution in [1.29, 1.82) is 0 Å². The second-order valence-corrected chi connectivity index (χ2v) is 7.68. The van der Waals surface area contributed by atoms with E-state index in [2.05, 4.69) is 34.2 Å². The summed E-state index contributed by atoms with van der Waals surface area (Å²) < 4.78 is 5.36. The molecule has 1 atom stereocenters. The number of amides is 1. The molecule has 2 aliphatic rings. The predicted octanol–water partition coefficient (Wildman–Crippen LogP) is 2.20. The van der Waals surface area contributed by atoms with Gasteiger partial charge in [0.1, 0.15) is 0 Å². The molecule has 0 radical (unpaired) electrons. The van der Waals surface area contributed by atoms with E-state index in [0.717, 1.165) is 62.5 Å². The van der Waals surface area contributed by atoms with E-state index < -0.39 is 0 Å². The maximum Gasteiger partial charge on any atom is 0.259 e. The molecule has 2 fully saturated rings. The smallest absolute Gasteiger partial charge is 0.259 e. The second kappa shape index (κ2) is 8.12. The lowest BCUT2D eigenvalue weighted by atomic mass is 10.0. The zero-order valence-electron chi connectivity index (χ0n) is 16.2. The van der Waals surface area contributed by atoms with E-state index in [-0.39, 0.29) is 24.2 Å². The number of aryl methyl sites for hydroxylation is 1. The van der Waals surface area contributed by atoms with Crippen LogP contribution in [0.25, 0.3) is 11.1 Å². The van der Waals surface area contributed by atoms with Gasteiger partial charge in [-0.25, -0.2) is 4.98 Å². The summed E-state index contributed by atoms with van der Waals surface area (Å²) in [4.78, 5) is 22.3. The van der Waals surface area contributed by atoms with Gasteiger partial charge in [0, 0.05) is 51.0 Å². The van der Waals surface area contributed by atoms with Gasteiger partial charge < -0.3 is 14.7 Å². The van der Waals surface area contributed by atoms with Crippen LogP contribution in [0.3, 0.4) is 0 Å².